The Kier molecular flexibility index (Phi) is 6.14. The van der Waals surface area contributed by atoms with Crippen LogP contribution in [0.15, 0.2) is 41.1 Å². The van der Waals surface area contributed by atoms with Gasteiger partial charge in [-0.05, 0) is 43.7 Å². The molecule has 2 aromatic heterocycles. The summed E-state index contributed by atoms with van der Waals surface area (Å²) in [5.74, 6) is 0.627. The monoisotopic (exact) mass is 385 g/mol. The molecule has 2 heterocycles. The van der Waals surface area contributed by atoms with Gasteiger partial charge in [0.2, 0.25) is 5.91 Å². The molecule has 1 aromatic carbocycles. The Hall–Kier alpha value is -2.51. The maximum absolute atomic E-state index is 12.0. The average molecular weight is 386 g/mol. The molecule has 0 unspecified atom stereocenters. The molecule has 0 radical (unpaired) electrons. The minimum absolute atomic E-state index is 0.222. The summed E-state index contributed by atoms with van der Waals surface area (Å²) in [5.41, 5.74) is 2.60. The molecule has 3 rings (SSSR count). The van der Waals surface area contributed by atoms with Crippen molar-refractivity contribution in [1.29, 1.82) is 0 Å². The molecule has 0 atom stereocenters. The lowest BCUT2D eigenvalue weighted by atomic mass is 10.2. The second kappa shape index (κ2) is 8.73. The van der Waals surface area contributed by atoms with Crippen LogP contribution < -0.4 is 10.1 Å². The zero-order valence-corrected chi connectivity index (χ0v) is 16.2. The highest BCUT2D eigenvalue weighted by molar-refractivity contribution is 7.14. The fourth-order valence-electron chi connectivity index (χ4n) is 2.17. The van der Waals surface area contributed by atoms with Crippen LogP contribution in [-0.2, 0) is 4.79 Å². The zero-order valence-electron chi connectivity index (χ0n) is 14.6. The lowest BCUT2D eigenvalue weighted by molar-refractivity contribution is -0.111. The van der Waals surface area contributed by atoms with Gasteiger partial charge < -0.3 is 4.74 Å². The summed E-state index contributed by atoms with van der Waals surface area (Å²) < 4.78 is 5.58. The highest BCUT2D eigenvalue weighted by Gasteiger charge is 2.07. The van der Waals surface area contributed by atoms with Crippen molar-refractivity contribution in [3.63, 3.8) is 0 Å². The van der Waals surface area contributed by atoms with E-state index in [-0.39, 0.29) is 5.91 Å². The summed E-state index contributed by atoms with van der Waals surface area (Å²) >= 11 is 2.95. The fourth-order valence-corrected chi connectivity index (χ4v) is 3.47. The van der Waals surface area contributed by atoms with Crippen LogP contribution in [-0.4, -0.2) is 22.5 Å². The largest absolute Gasteiger partial charge is 0.494 e. The van der Waals surface area contributed by atoms with Crippen LogP contribution in [0.2, 0.25) is 0 Å². The van der Waals surface area contributed by atoms with Gasteiger partial charge in [0.05, 0.1) is 23.0 Å². The van der Waals surface area contributed by atoms with Gasteiger partial charge in [-0.15, -0.1) is 22.7 Å². The molecule has 26 heavy (non-hydrogen) atoms. The highest BCUT2D eigenvalue weighted by Crippen LogP contribution is 2.26. The molecule has 0 saturated carbocycles. The molecule has 7 heteroatoms. The number of aryl methyl sites for hydroxylation is 1. The van der Waals surface area contributed by atoms with Gasteiger partial charge >= 0.3 is 0 Å². The topological polar surface area (TPSA) is 64.1 Å². The third kappa shape index (κ3) is 5.00. The van der Waals surface area contributed by atoms with E-state index in [0.717, 1.165) is 34.1 Å². The molecule has 0 aliphatic rings. The summed E-state index contributed by atoms with van der Waals surface area (Å²) in [4.78, 5) is 20.8. The number of thiazole rings is 2. The van der Waals surface area contributed by atoms with E-state index in [0.29, 0.717) is 11.7 Å². The van der Waals surface area contributed by atoms with Crippen LogP contribution in [0.4, 0.5) is 5.13 Å². The molecule has 3 aromatic rings. The molecule has 0 bridgehead atoms. The Balaban J connectivity index is 1.60. The van der Waals surface area contributed by atoms with Gasteiger partial charge in [-0.25, -0.2) is 9.97 Å². The summed E-state index contributed by atoms with van der Waals surface area (Å²) in [6.07, 6.45) is 4.14. The molecule has 0 aliphatic carbocycles. The first kappa shape index (κ1) is 18.3. The van der Waals surface area contributed by atoms with E-state index < -0.39 is 0 Å². The highest BCUT2D eigenvalue weighted by atomic mass is 32.1. The maximum Gasteiger partial charge on any atom is 0.250 e. The van der Waals surface area contributed by atoms with E-state index in [1.54, 1.807) is 17.4 Å². The van der Waals surface area contributed by atoms with E-state index in [9.17, 15) is 4.79 Å². The average Bonchev–Trinajstić information content (AvgIpc) is 3.27. The summed E-state index contributed by atoms with van der Waals surface area (Å²) in [6, 6.07) is 7.80. The van der Waals surface area contributed by atoms with Crippen molar-refractivity contribution in [2.45, 2.75) is 20.3 Å². The Morgan fingerprint density at radius 3 is 2.69 bits per heavy atom. The lowest BCUT2D eigenvalue weighted by Crippen LogP contribution is -2.07. The quantitative estimate of drug-likeness (QED) is 0.580. The predicted octanol–water partition coefficient (Wildman–Crippen LogP) is 5.02. The first-order valence-electron chi connectivity index (χ1n) is 8.24. The van der Waals surface area contributed by atoms with Crippen molar-refractivity contribution in [2.75, 3.05) is 11.9 Å². The second-order valence-corrected chi connectivity index (χ2v) is 7.45. The van der Waals surface area contributed by atoms with E-state index in [1.807, 2.05) is 41.9 Å². The number of carbonyl (C=O) groups excluding carboxylic acids is 1. The standard InChI is InChI=1S/C19H19N3O2S2/c1-3-10-24-16-7-4-14(5-8-16)17-12-26-19(21-17)22-18(23)9-6-15-11-25-13(2)20-15/h4-9,11-12H,3,10H2,1-2H3,(H,21,22,23)/b9-6+. The SMILES string of the molecule is CCCOc1ccc(-c2csc(NC(=O)/C=C/c3csc(C)n3)n2)cc1. The molecule has 1 amide bonds. The van der Waals surface area contributed by atoms with Gasteiger partial charge in [-0.3, -0.25) is 10.1 Å². The molecule has 134 valence electrons. The zero-order chi connectivity index (χ0) is 18.4. The minimum Gasteiger partial charge on any atom is -0.494 e. The van der Waals surface area contributed by atoms with Crippen molar-refractivity contribution in [3.8, 4) is 17.0 Å². The van der Waals surface area contributed by atoms with E-state index in [1.165, 1.54) is 17.4 Å². The molecule has 1 N–H and O–H groups in total. The van der Waals surface area contributed by atoms with Gasteiger partial charge in [0, 0.05) is 22.4 Å². The van der Waals surface area contributed by atoms with E-state index in [4.69, 9.17) is 4.74 Å². The summed E-state index contributed by atoms with van der Waals surface area (Å²) in [5, 5.41) is 8.15. The first-order valence-corrected chi connectivity index (χ1v) is 10.00. The third-order valence-corrected chi connectivity index (χ3v) is 4.95. The van der Waals surface area contributed by atoms with Gasteiger partial charge in [0.25, 0.3) is 0 Å². The summed E-state index contributed by atoms with van der Waals surface area (Å²) in [7, 11) is 0. The Morgan fingerprint density at radius 2 is 2.00 bits per heavy atom. The number of carbonyl (C=O) groups is 1. The van der Waals surface area contributed by atoms with Crippen LogP contribution in [0.5, 0.6) is 5.75 Å². The van der Waals surface area contributed by atoms with Crippen LogP contribution in [0, 0.1) is 6.92 Å². The van der Waals surface area contributed by atoms with Gasteiger partial charge in [0.15, 0.2) is 5.13 Å². The van der Waals surface area contributed by atoms with E-state index >= 15 is 0 Å². The van der Waals surface area contributed by atoms with Crippen molar-refractivity contribution < 1.29 is 9.53 Å². The molecule has 0 spiro atoms. The number of nitrogens with zero attached hydrogens (tertiary/aromatic N) is 2. The number of aromatic nitrogens is 2. The number of benzene rings is 1. The van der Waals surface area contributed by atoms with Crippen molar-refractivity contribution in [3.05, 3.63) is 51.8 Å². The van der Waals surface area contributed by atoms with Crippen molar-refractivity contribution in [1.82, 2.24) is 9.97 Å². The Bertz CT molecular complexity index is 898. The first-order chi connectivity index (χ1) is 12.6. The molecular formula is C19H19N3O2S2. The molecule has 0 aliphatic heterocycles. The van der Waals surface area contributed by atoms with Gasteiger partial charge in [-0.1, -0.05) is 6.92 Å². The lowest BCUT2D eigenvalue weighted by Gasteiger charge is -2.04. The number of rotatable bonds is 7. The second-order valence-electron chi connectivity index (χ2n) is 5.52. The Labute approximate surface area is 160 Å². The van der Waals surface area contributed by atoms with E-state index in [2.05, 4.69) is 22.2 Å². The van der Waals surface area contributed by atoms with Crippen LogP contribution in [0.3, 0.4) is 0 Å². The van der Waals surface area contributed by atoms with Crippen molar-refractivity contribution in [2.24, 2.45) is 0 Å². The molecule has 5 nitrogen and oxygen atoms in total. The number of anilines is 1. The van der Waals surface area contributed by atoms with Crippen molar-refractivity contribution >= 4 is 39.8 Å². The van der Waals surface area contributed by atoms with Gasteiger partial charge in [-0.2, -0.15) is 0 Å². The minimum atomic E-state index is -0.222. The van der Waals surface area contributed by atoms with Gasteiger partial charge in [0.1, 0.15) is 5.75 Å². The molecule has 0 fully saturated rings. The van der Waals surface area contributed by atoms with Crippen LogP contribution >= 0.6 is 22.7 Å². The molecule has 0 saturated heterocycles. The number of hydrogen-bond acceptors (Lipinski definition) is 6. The smallest absolute Gasteiger partial charge is 0.250 e. The number of amides is 1. The number of hydrogen-bond donors (Lipinski definition) is 1. The van der Waals surface area contributed by atoms with Crippen LogP contribution in [0.25, 0.3) is 17.3 Å². The third-order valence-electron chi connectivity index (χ3n) is 3.40. The normalized spacial score (nSPS) is 11.0. The maximum atomic E-state index is 12.0. The number of ether oxygens (including phenoxy) is 1. The molecular weight excluding hydrogens is 366 g/mol. The Morgan fingerprint density at radius 1 is 1.19 bits per heavy atom. The van der Waals surface area contributed by atoms with Crippen LogP contribution in [0.1, 0.15) is 24.0 Å². The number of nitrogens with one attached hydrogen (secondary N) is 1. The fraction of sp³-hybridized carbons (Fsp3) is 0.211. The predicted molar refractivity (Wildman–Crippen MR) is 108 cm³/mol. The summed E-state index contributed by atoms with van der Waals surface area (Å²) in [6.45, 7) is 4.72.